The second-order valence-electron chi connectivity index (χ2n) is 7.11. The molecule has 3 heterocycles. The van der Waals surface area contributed by atoms with Gasteiger partial charge < -0.3 is 19.4 Å². The molecule has 4 rings (SSSR count). The van der Waals surface area contributed by atoms with Gasteiger partial charge in [0.2, 0.25) is 11.8 Å². The van der Waals surface area contributed by atoms with E-state index >= 15 is 0 Å². The van der Waals surface area contributed by atoms with E-state index in [1.807, 2.05) is 47.4 Å². The first-order valence-corrected chi connectivity index (χ1v) is 9.55. The third-order valence-corrected chi connectivity index (χ3v) is 5.40. The van der Waals surface area contributed by atoms with Crippen LogP contribution in [0, 0.1) is 5.92 Å². The highest BCUT2D eigenvalue weighted by molar-refractivity contribution is 6.00. The van der Waals surface area contributed by atoms with Gasteiger partial charge in [-0.25, -0.2) is 4.98 Å². The Morgan fingerprint density at radius 2 is 1.93 bits per heavy atom. The number of hydrogen-bond donors (Lipinski definition) is 0. The summed E-state index contributed by atoms with van der Waals surface area (Å²) >= 11 is 0. The maximum atomic E-state index is 13.0. The van der Waals surface area contributed by atoms with Crippen LogP contribution in [0.2, 0.25) is 0 Å². The van der Waals surface area contributed by atoms with Crippen molar-refractivity contribution in [2.45, 2.75) is 6.42 Å². The first-order valence-electron chi connectivity index (χ1n) is 9.55. The maximum absolute atomic E-state index is 13.0. The second kappa shape index (κ2) is 7.88. The summed E-state index contributed by atoms with van der Waals surface area (Å²) in [5, 5.41) is 0. The van der Waals surface area contributed by atoms with E-state index in [9.17, 15) is 9.59 Å². The SMILES string of the molecule is COc1cccc(N2C[C@@H](C(=O)N3CCN(c4ccccn4)CC3)CC2=O)c1. The average molecular weight is 380 g/mol. The van der Waals surface area contributed by atoms with E-state index < -0.39 is 0 Å². The molecule has 0 saturated carbocycles. The van der Waals surface area contributed by atoms with E-state index in [2.05, 4.69) is 9.88 Å². The minimum atomic E-state index is -0.292. The zero-order valence-electron chi connectivity index (χ0n) is 16.0. The molecule has 7 nitrogen and oxygen atoms in total. The molecule has 0 spiro atoms. The Hall–Kier alpha value is -3.09. The van der Waals surface area contributed by atoms with E-state index in [0.717, 1.165) is 24.6 Å². The number of amides is 2. The van der Waals surface area contributed by atoms with Crippen LogP contribution in [0.15, 0.2) is 48.7 Å². The monoisotopic (exact) mass is 380 g/mol. The number of methoxy groups -OCH3 is 1. The third-order valence-electron chi connectivity index (χ3n) is 5.40. The minimum absolute atomic E-state index is 0.0151. The number of nitrogens with zero attached hydrogens (tertiary/aromatic N) is 4. The van der Waals surface area contributed by atoms with Crippen LogP contribution in [0.5, 0.6) is 5.75 Å². The van der Waals surface area contributed by atoms with Gasteiger partial charge in [0, 0.05) is 57.1 Å². The van der Waals surface area contributed by atoms with Crippen molar-refractivity contribution in [3.05, 3.63) is 48.7 Å². The van der Waals surface area contributed by atoms with Crippen LogP contribution < -0.4 is 14.5 Å². The molecular formula is C21H24N4O3. The summed E-state index contributed by atoms with van der Waals surface area (Å²) in [5.41, 5.74) is 0.777. The van der Waals surface area contributed by atoms with Gasteiger partial charge >= 0.3 is 0 Å². The molecular weight excluding hydrogens is 356 g/mol. The first kappa shape index (κ1) is 18.3. The topological polar surface area (TPSA) is 66.0 Å². The molecule has 2 fully saturated rings. The van der Waals surface area contributed by atoms with E-state index in [-0.39, 0.29) is 24.2 Å². The highest BCUT2D eigenvalue weighted by atomic mass is 16.5. The molecule has 28 heavy (non-hydrogen) atoms. The molecule has 2 aromatic rings. The molecule has 1 aromatic heterocycles. The fourth-order valence-corrected chi connectivity index (χ4v) is 3.86. The quantitative estimate of drug-likeness (QED) is 0.809. The molecule has 1 atom stereocenters. The number of anilines is 2. The molecule has 0 N–H and O–H groups in total. The Balaban J connectivity index is 1.37. The summed E-state index contributed by atoms with van der Waals surface area (Å²) in [4.78, 5) is 35.6. The molecule has 1 aromatic carbocycles. The van der Waals surface area contributed by atoms with Crippen LogP contribution >= 0.6 is 0 Å². The number of hydrogen-bond acceptors (Lipinski definition) is 5. The summed E-state index contributed by atoms with van der Waals surface area (Å²) in [6.45, 7) is 3.23. The van der Waals surface area contributed by atoms with Gasteiger partial charge in [0.25, 0.3) is 0 Å². The van der Waals surface area contributed by atoms with Crippen molar-refractivity contribution in [1.82, 2.24) is 9.88 Å². The van der Waals surface area contributed by atoms with Crippen LogP contribution in [-0.2, 0) is 9.59 Å². The van der Waals surface area contributed by atoms with E-state index in [1.165, 1.54) is 0 Å². The number of pyridine rings is 1. The molecule has 0 aliphatic carbocycles. The van der Waals surface area contributed by atoms with Crippen molar-refractivity contribution in [1.29, 1.82) is 0 Å². The smallest absolute Gasteiger partial charge is 0.228 e. The van der Waals surface area contributed by atoms with E-state index in [4.69, 9.17) is 4.74 Å². The summed E-state index contributed by atoms with van der Waals surface area (Å²) in [7, 11) is 1.60. The van der Waals surface area contributed by atoms with Crippen molar-refractivity contribution in [3.8, 4) is 5.75 Å². The molecule has 146 valence electrons. The van der Waals surface area contributed by atoms with Crippen molar-refractivity contribution in [2.24, 2.45) is 5.92 Å². The summed E-state index contributed by atoms with van der Waals surface area (Å²) in [5.74, 6) is 1.40. The normalized spacial score (nSPS) is 19.8. The van der Waals surface area contributed by atoms with Gasteiger partial charge in [0.1, 0.15) is 11.6 Å². The first-order chi connectivity index (χ1) is 13.7. The van der Waals surface area contributed by atoms with Gasteiger partial charge in [-0.2, -0.15) is 0 Å². The van der Waals surface area contributed by atoms with Crippen molar-refractivity contribution in [2.75, 3.05) is 49.6 Å². The molecule has 0 radical (unpaired) electrons. The number of benzene rings is 1. The van der Waals surface area contributed by atoms with Gasteiger partial charge in [-0.15, -0.1) is 0 Å². The zero-order chi connectivity index (χ0) is 19.5. The fraction of sp³-hybridized carbons (Fsp3) is 0.381. The van der Waals surface area contributed by atoms with E-state index in [1.54, 1.807) is 18.2 Å². The predicted molar refractivity (Wildman–Crippen MR) is 106 cm³/mol. The molecule has 0 unspecified atom stereocenters. The largest absolute Gasteiger partial charge is 0.497 e. The number of rotatable bonds is 4. The van der Waals surface area contributed by atoms with Crippen LogP contribution in [0.1, 0.15) is 6.42 Å². The second-order valence-corrected chi connectivity index (χ2v) is 7.11. The lowest BCUT2D eigenvalue weighted by atomic mass is 10.1. The molecule has 2 amide bonds. The van der Waals surface area contributed by atoms with Gasteiger partial charge in [-0.1, -0.05) is 12.1 Å². The Morgan fingerprint density at radius 3 is 2.64 bits per heavy atom. The average Bonchev–Trinajstić information content (AvgIpc) is 3.15. The number of carbonyl (C=O) groups excluding carboxylic acids is 2. The van der Waals surface area contributed by atoms with Gasteiger partial charge in [-0.05, 0) is 24.3 Å². The highest BCUT2D eigenvalue weighted by Crippen LogP contribution is 2.29. The molecule has 2 saturated heterocycles. The van der Waals surface area contributed by atoms with Gasteiger partial charge in [-0.3, -0.25) is 9.59 Å². The van der Waals surface area contributed by atoms with Crippen LogP contribution in [0.4, 0.5) is 11.5 Å². The summed E-state index contributed by atoms with van der Waals surface area (Å²) in [6, 6.07) is 13.3. The highest BCUT2D eigenvalue weighted by Gasteiger charge is 2.38. The summed E-state index contributed by atoms with van der Waals surface area (Å²) < 4.78 is 5.24. The lowest BCUT2D eigenvalue weighted by Gasteiger charge is -2.36. The Labute approximate surface area is 164 Å². The lowest BCUT2D eigenvalue weighted by Crippen LogP contribution is -2.51. The lowest BCUT2D eigenvalue weighted by molar-refractivity contribution is -0.136. The predicted octanol–water partition coefficient (Wildman–Crippen LogP) is 1.79. The molecule has 2 aliphatic heterocycles. The minimum Gasteiger partial charge on any atom is -0.497 e. The van der Waals surface area contributed by atoms with Gasteiger partial charge in [0.05, 0.1) is 13.0 Å². The number of carbonyl (C=O) groups is 2. The van der Waals surface area contributed by atoms with Crippen LogP contribution in [0.25, 0.3) is 0 Å². The molecule has 2 aliphatic rings. The standard InChI is InChI=1S/C21H24N4O3/c1-28-18-6-4-5-17(14-18)25-15-16(13-20(25)26)21(27)24-11-9-23(10-12-24)19-7-2-3-8-22-19/h2-8,14,16H,9-13,15H2,1H3/t16-/m0/s1. The molecule has 7 heteroatoms. The number of piperazine rings is 1. The summed E-state index contributed by atoms with van der Waals surface area (Å²) in [6.07, 6.45) is 2.04. The Morgan fingerprint density at radius 1 is 1.11 bits per heavy atom. The molecule has 0 bridgehead atoms. The number of ether oxygens (including phenoxy) is 1. The zero-order valence-corrected chi connectivity index (χ0v) is 16.0. The van der Waals surface area contributed by atoms with Crippen LogP contribution in [-0.4, -0.2) is 61.5 Å². The van der Waals surface area contributed by atoms with Crippen molar-refractivity contribution in [3.63, 3.8) is 0 Å². The number of aromatic nitrogens is 1. The van der Waals surface area contributed by atoms with Crippen LogP contribution in [0.3, 0.4) is 0 Å². The Kier molecular flexibility index (Phi) is 5.14. The fourth-order valence-electron chi connectivity index (χ4n) is 3.86. The Bertz CT molecular complexity index is 850. The van der Waals surface area contributed by atoms with Gasteiger partial charge in [0.15, 0.2) is 0 Å². The van der Waals surface area contributed by atoms with Crippen molar-refractivity contribution >= 4 is 23.3 Å². The maximum Gasteiger partial charge on any atom is 0.228 e. The third kappa shape index (κ3) is 3.65. The van der Waals surface area contributed by atoms with Crippen molar-refractivity contribution < 1.29 is 14.3 Å². The van der Waals surface area contributed by atoms with E-state index in [0.29, 0.717) is 25.4 Å².